The molecular weight excluding hydrogens is 440 g/mol. The van der Waals surface area contributed by atoms with Crippen LogP contribution < -0.4 is 5.32 Å². The zero-order valence-corrected chi connectivity index (χ0v) is 20.5. The van der Waals surface area contributed by atoms with Gasteiger partial charge >= 0.3 is 0 Å². The summed E-state index contributed by atoms with van der Waals surface area (Å²) in [5, 5.41) is 24.1. The summed E-state index contributed by atoms with van der Waals surface area (Å²) in [6.45, 7) is 10.8. The van der Waals surface area contributed by atoms with Gasteiger partial charge in [-0.1, -0.05) is 51.7 Å². The number of H-pyrrole nitrogens is 1. The molecule has 7 nitrogen and oxygen atoms in total. The highest BCUT2D eigenvalue weighted by atomic mass is 16.5. The Morgan fingerprint density at radius 1 is 1.37 bits per heavy atom. The third kappa shape index (κ3) is 4.01. The average Bonchev–Trinajstić information content (AvgIpc) is 3.51. The van der Waals surface area contributed by atoms with Crippen molar-refractivity contribution < 1.29 is 14.6 Å². The lowest BCUT2D eigenvalue weighted by Gasteiger charge is -2.49. The Morgan fingerprint density at radius 3 is 2.86 bits per heavy atom. The number of imidazole rings is 1. The molecule has 3 unspecified atom stereocenters. The van der Waals surface area contributed by atoms with E-state index < -0.39 is 11.5 Å². The number of carbonyl (C=O) groups is 1. The minimum Gasteiger partial charge on any atom is -0.384 e. The molecule has 5 rings (SSSR count). The van der Waals surface area contributed by atoms with Gasteiger partial charge in [-0.2, -0.15) is 5.26 Å². The second-order valence-electron chi connectivity index (χ2n) is 10.9. The van der Waals surface area contributed by atoms with Gasteiger partial charge < -0.3 is 20.1 Å². The summed E-state index contributed by atoms with van der Waals surface area (Å²) in [7, 11) is 0. The van der Waals surface area contributed by atoms with Crippen LogP contribution in [0.25, 0.3) is 0 Å². The molecule has 1 saturated heterocycles. The minimum atomic E-state index is -1.12. The van der Waals surface area contributed by atoms with Crippen LogP contribution in [0.5, 0.6) is 0 Å². The summed E-state index contributed by atoms with van der Waals surface area (Å²) in [6.07, 6.45) is 14.6. The van der Waals surface area contributed by atoms with E-state index in [0.717, 1.165) is 24.8 Å². The summed E-state index contributed by atoms with van der Waals surface area (Å²) < 4.78 is 6.00. The van der Waals surface area contributed by atoms with Crippen LogP contribution >= 0.6 is 0 Å². The fraction of sp³-hybridized carbons (Fsp3) is 0.464. The first-order valence-corrected chi connectivity index (χ1v) is 12.2. The lowest BCUT2D eigenvalue weighted by Crippen LogP contribution is -2.55. The molecule has 4 aliphatic rings. The Balaban J connectivity index is 1.47. The number of aromatic nitrogens is 2. The molecule has 0 spiro atoms. The number of amides is 1. The Kier molecular flexibility index (Phi) is 5.70. The number of carbonyl (C=O) groups excluding carboxylic acids is 1. The van der Waals surface area contributed by atoms with Gasteiger partial charge in [0.2, 0.25) is 0 Å². The number of ether oxygens (including phenoxy) is 1. The van der Waals surface area contributed by atoms with Crippen molar-refractivity contribution in [3.63, 3.8) is 0 Å². The quantitative estimate of drug-likeness (QED) is 0.568. The molecule has 2 aliphatic carbocycles. The number of hydrogen-bond acceptors (Lipinski definition) is 5. The number of nitrogens with zero attached hydrogens (tertiary/aromatic N) is 2. The van der Waals surface area contributed by atoms with Gasteiger partial charge in [0.15, 0.2) is 5.82 Å². The summed E-state index contributed by atoms with van der Waals surface area (Å²) in [5.41, 5.74) is 3.00. The third-order valence-corrected chi connectivity index (χ3v) is 8.15. The molecule has 0 radical (unpaired) electrons. The van der Waals surface area contributed by atoms with E-state index in [1.165, 1.54) is 11.8 Å². The maximum Gasteiger partial charge on any atom is 0.291 e. The van der Waals surface area contributed by atoms with Crippen molar-refractivity contribution in [3.05, 3.63) is 77.1 Å². The highest BCUT2D eigenvalue weighted by molar-refractivity contribution is 5.92. The normalized spacial score (nSPS) is 33.5. The van der Waals surface area contributed by atoms with E-state index in [2.05, 4.69) is 41.8 Å². The number of rotatable bonds is 4. The van der Waals surface area contributed by atoms with Crippen molar-refractivity contribution in [3.8, 4) is 6.07 Å². The van der Waals surface area contributed by atoms with Gasteiger partial charge in [0.25, 0.3) is 5.91 Å². The van der Waals surface area contributed by atoms with Crippen molar-refractivity contribution >= 4 is 5.91 Å². The minimum absolute atomic E-state index is 0.0930. The number of fused-ring (bicyclic) bond motifs is 2. The van der Waals surface area contributed by atoms with Crippen LogP contribution in [0.3, 0.4) is 0 Å². The summed E-state index contributed by atoms with van der Waals surface area (Å²) in [6, 6.07) is 1.96. The first kappa shape index (κ1) is 23.5. The second kappa shape index (κ2) is 8.47. The lowest BCUT2D eigenvalue weighted by atomic mass is 9.65. The number of allylic oxidation sites excluding steroid dienone is 4. The van der Waals surface area contributed by atoms with Crippen molar-refractivity contribution in [1.29, 1.82) is 5.26 Å². The van der Waals surface area contributed by atoms with E-state index in [4.69, 9.17) is 10.00 Å². The summed E-state index contributed by atoms with van der Waals surface area (Å²) >= 11 is 0. The van der Waals surface area contributed by atoms with Crippen LogP contribution in [0.2, 0.25) is 0 Å². The summed E-state index contributed by atoms with van der Waals surface area (Å²) in [5.74, 6) is -0.651. The number of hydrogen-bond donors (Lipinski definition) is 3. The molecule has 1 amide bonds. The van der Waals surface area contributed by atoms with E-state index in [1.54, 1.807) is 0 Å². The fourth-order valence-corrected chi connectivity index (χ4v) is 5.76. The first-order chi connectivity index (χ1) is 16.6. The van der Waals surface area contributed by atoms with Crippen molar-refractivity contribution in [2.75, 3.05) is 0 Å². The van der Waals surface area contributed by atoms with Crippen LogP contribution in [0.1, 0.15) is 62.8 Å². The van der Waals surface area contributed by atoms with Crippen LogP contribution in [-0.4, -0.2) is 38.8 Å². The maximum atomic E-state index is 12.9. The fourth-order valence-electron chi connectivity index (χ4n) is 5.76. The molecule has 3 heterocycles. The molecular formula is C28H32N4O3. The molecule has 1 aromatic rings. The van der Waals surface area contributed by atoms with Gasteiger partial charge in [0.05, 0.1) is 12.3 Å². The molecule has 3 N–H and O–H groups in total. The predicted octanol–water partition coefficient (Wildman–Crippen LogP) is 4.24. The molecule has 182 valence electrons. The second-order valence-corrected chi connectivity index (χ2v) is 10.9. The Labute approximate surface area is 206 Å². The lowest BCUT2D eigenvalue weighted by molar-refractivity contribution is -0.118. The largest absolute Gasteiger partial charge is 0.384 e. The molecule has 1 fully saturated rings. The summed E-state index contributed by atoms with van der Waals surface area (Å²) in [4.78, 5) is 19.7. The molecule has 0 saturated carbocycles. The Bertz CT molecular complexity index is 1240. The van der Waals surface area contributed by atoms with Crippen molar-refractivity contribution in [1.82, 2.24) is 15.3 Å². The molecule has 2 bridgehead atoms. The molecule has 1 aromatic heterocycles. The van der Waals surface area contributed by atoms with Crippen LogP contribution in [-0.2, 0) is 4.74 Å². The first-order valence-electron chi connectivity index (χ1n) is 12.2. The Hall–Kier alpha value is -3.21. The third-order valence-electron chi connectivity index (χ3n) is 8.15. The van der Waals surface area contributed by atoms with Gasteiger partial charge in [0, 0.05) is 17.5 Å². The number of aliphatic hydroxyl groups is 1. The van der Waals surface area contributed by atoms with Gasteiger partial charge in [-0.3, -0.25) is 4.79 Å². The molecule has 2 aliphatic heterocycles. The maximum absolute atomic E-state index is 12.9. The van der Waals surface area contributed by atoms with Gasteiger partial charge in [-0.05, 0) is 53.9 Å². The monoisotopic (exact) mass is 472 g/mol. The average molecular weight is 473 g/mol. The number of nitriles is 1. The smallest absolute Gasteiger partial charge is 0.291 e. The topological polar surface area (TPSA) is 111 Å². The molecule has 0 aromatic carbocycles. The Morgan fingerprint density at radius 2 is 2.17 bits per heavy atom. The predicted molar refractivity (Wildman–Crippen MR) is 132 cm³/mol. The SMILES string of the molecule is C=C1C2C=CC(O2)[C@@H](C)[C@]1(O)C1C=CC(NC(=O)c2ncc(C#N)[nH]2)=C(C2=CCC(C)(C)CC2)C1. The highest BCUT2D eigenvalue weighted by Gasteiger charge is 2.54. The standard InChI is InChI=1S/C28H32N4O3/c1-16-23-7-8-24(35-23)17(2)28(16,34)19-5-6-22(32-26(33)25-30-15-20(14-29)31-25)21(13-19)18-9-11-27(3,4)12-10-18/h5-9,15,17,19,23-24,34H,1,10-13H2,2-4H3,(H,30,31)(H,32,33)/t17-,19?,23?,24?,28+/m1/s1. The van der Waals surface area contributed by atoms with E-state index in [9.17, 15) is 9.90 Å². The van der Waals surface area contributed by atoms with Gasteiger partial charge in [-0.25, -0.2) is 4.98 Å². The van der Waals surface area contributed by atoms with Crippen LogP contribution in [0.4, 0.5) is 0 Å². The van der Waals surface area contributed by atoms with Gasteiger partial charge in [0.1, 0.15) is 23.5 Å². The van der Waals surface area contributed by atoms with Crippen LogP contribution in [0, 0.1) is 28.6 Å². The van der Waals surface area contributed by atoms with Crippen LogP contribution in [0.15, 0.2) is 65.6 Å². The van der Waals surface area contributed by atoms with E-state index in [1.807, 2.05) is 37.3 Å². The molecule has 5 atom stereocenters. The highest BCUT2D eigenvalue weighted by Crippen LogP contribution is 2.50. The number of nitrogens with one attached hydrogen (secondary N) is 2. The zero-order valence-electron chi connectivity index (χ0n) is 20.5. The van der Waals surface area contributed by atoms with Crippen molar-refractivity contribution in [2.24, 2.45) is 17.3 Å². The zero-order chi connectivity index (χ0) is 25.0. The number of aromatic amines is 1. The molecule has 7 heteroatoms. The molecule has 35 heavy (non-hydrogen) atoms. The van der Waals surface area contributed by atoms with Gasteiger partial charge in [-0.15, -0.1) is 0 Å². The van der Waals surface area contributed by atoms with E-state index in [0.29, 0.717) is 17.7 Å². The van der Waals surface area contributed by atoms with E-state index >= 15 is 0 Å². The van der Waals surface area contributed by atoms with E-state index in [-0.39, 0.29) is 41.0 Å². The van der Waals surface area contributed by atoms with Crippen molar-refractivity contribution in [2.45, 2.75) is 64.3 Å².